The van der Waals surface area contributed by atoms with Crippen LogP contribution in [-0.4, -0.2) is 17.1 Å². The number of nitrogens with one attached hydrogen (secondary N) is 1. The predicted molar refractivity (Wildman–Crippen MR) is 92.1 cm³/mol. The normalized spacial score (nSPS) is 20.3. The second kappa shape index (κ2) is 7.50. The first-order valence-corrected chi connectivity index (χ1v) is 8.55. The van der Waals surface area contributed by atoms with Crippen LogP contribution in [0.25, 0.3) is 0 Å². The molecule has 0 bridgehead atoms. The van der Waals surface area contributed by atoms with Crippen LogP contribution in [0, 0.1) is 0 Å². The summed E-state index contributed by atoms with van der Waals surface area (Å²) >= 11 is 0. The van der Waals surface area contributed by atoms with Crippen molar-refractivity contribution in [2.75, 3.05) is 0 Å². The van der Waals surface area contributed by atoms with Crippen LogP contribution in [0.3, 0.4) is 0 Å². The van der Waals surface area contributed by atoms with Crippen molar-refractivity contribution in [1.82, 2.24) is 5.32 Å². The number of aromatic carboxylic acids is 1. The summed E-state index contributed by atoms with van der Waals surface area (Å²) in [5.41, 5.74) is 1.61. The number of alkyl halides is 3. The van der Waals surface area contributed by atoms with Crippen molar-refractivity contribution < 1.29 is 23.1 Å². The zero-order valence-corrected chi connectivity index (χ0v) is 14.1. The first-order chi connectivity index (χ1) is 12.3. The van der Waals surface area contributed by atoms with Crippen LogP contribution >= 0.6 is 0 Å². The van der Waals surface area contributed by atoms with Crippen molar-refractivity contribution in [3.05, 3.63) is 70.8 Å². The van der Waals surface area contributed by atoms with Crippen LogP contribution in [0.4, 0.5) is 13.2 Å². The minimum absolute atomic E-state index is 0.261. The number of carbonyl (C=O) groups is 1. The smallest absolute Gasteiger partial charge is 0.416 e. The highest BCUT2D eigenvalue weighted by Gasteiger charge is 2.31. The maximum atomic E-state index is 12.6. The highest BCUT2D eigenvalue weighted by atomic mass is 19.4. The SMILES string of the molecule is O=C(O)c1ccc(CNC2CCC(c3ccc(C(F)(F)F)cc3)C2)cc1. The molecule has 26 heavy (non-hydrogen) atoms. The first-order valence-electron chi connectivity index (χ1n) is 8.55. The molecule has 3 rings (SSSR count). The van der Waals surface area contributed by atoms with Crippen molar-refractivity contribution >= 4 is 5.97 Å². The maximum Gasteiger partial charge on any atom is 0.416 e. The number of rotatable bonds is 5. The Labute approximate surface area is 149 Å². The molecule has 138 valence electrons. The predicted octanol–water partition coefficient (Wildman–Crippen LogP) is 4.83. The monoisotopic (exact) mass is 363 g/mol. The summed E-state index contributed by atoms with van der Waals surface area (Å²) in [5.74, 6) is -0.677. The third kappa shape index (κ3) is 4.43. The molecule has 6 heteroatoms. The van der Waals surface area contributed by atoms with Gasteiger partial charge in [-0.15, -0.1) is 0 Å². The number of carboxylic acid groups (broad SMARTS) is 1. The van der Waals surface area contributed by atoms with Gasteiger partial charge < -0.3 is 10.4 Å². The first kappa shape index (κ1) is 18.5. The topological polar surface area (TPSA) is 49.3 Å². The quantitative estimate of drug-likeness (QED) is 0.800. The molecular weight excluding hydrogens is 343 g/mol. The number of benzene rings is 2. The average Bonchev–Trinajstić information content (AvgIpc) is 3.09. The van der Waals surface area contributed by atoms with Crippen LogP contribution in [0.1, 0.15) is 52.2 Å². The molecule has 1 saturated carbocycles. The summed E-state index contributed by atoms with van der Waals surface area (Å²) in [4.78, 5) is 10.8. The zero-order valence-electron chi connectivity index (χ0n) is 14.1. The largest absolute Gasteiger partial charge is 0.478 e. The standard InChI is InChI=1S/C20H20F3NO2/c21-20(22,23)17-8-5-14(6-9-17)16-7-10-18(11-16)24-12-13-1-3-15(4-2-13)19(25)26/h1-6,8-9,16,18,24H,7,10-12H2,(H,25,26). The molecule has 1 fully saturated rings. The van der Waals surface area contributed by atoms with Gasteiger partial charge in [0.15, 0.2) is 0 Å². The minimum atomic E-state index is -4.30. The van der Waals surface area contributed by atoms with E-state index in [9.17, 15) is 18.0 Å². The van der Waals surface area contributed by atoms with Gasteiger partial charge in [0.05, 0.1) is 11.1 Å². The lowest BCUT2D eigenvalue weighted by Crippen LogP contribution is -2.25. The second-order valence-electron chi connectivity index (χ2n) is 6.71. The molecule has 0 amide bonds. The molecule has 0 aromatic heterocycles. The lowest BCUT2D eigenvalue weighted by molar-refractivity contribution is -0.137. The third-order valence-corrected chi connectivity index (χ3v) is 4.94. The molecule has 0 heterocycles. The molecule has 2 unspecified atom stereocenters. The van der Waals surface area contributed by atoms with Gasteiger partial charge in [0, 0.05) is 12.6 Å². The van der Waals surface area contributed by atoms with Gasteiger partial charge in [-0.1, -0.05) is 24.3 Å². The maximum absolute atomic E-state index is 12.6. The van der Waals surface area contributed by atoms with Gasteiger partial charge in [-0.2, -0.15) is 13.2 Å². The Morgan fingerprint density at radius 1 is 1.04 bits per heavy atom. The van der Waals surface area contributed by atoms with Gasteiger partial charge in [0.2, 0.25) is 0 Å². The summed E-state index contributed by atoms with van der Waals surface area (Å²) < 4.78 is 37.9. The van der Waals surface area contributed by atoms with Crippen LogP contribution in [-0.2, 0) is 12.7 Å². The lowest BCUT2D eigenvalue weighted by atomic mass is 9.96. The highest BCUT2D eigenvalue weighted by Crippen LogP contribution is 2.36. The molecule has 2 N–H and O–H groups in total. The summed E-state index contributed by atoms with van der Waals surface area (Å²) in [7, 11) is 0. The van der Waals surface area contributed by atoms with Crippen molar-refractivity contribution in [3.8, 4) is 0 Å². The molecule has 2 aromatic rings. The van der Waals surface area contributed by atoms with Gasteiger partial charge in [-0.3, -0.25) is 0 Å². The summed E-state index contributed by atoms with van der Waals surface area (Å²) in [5, 5.41) is 12.4. The Hall–Kier alpha value is -2.34. The van der Waals surface area contributed by atoms with Gasteiger partial charge >= 0.3 is 12.1 Å². The number of carboxylic acids is 1. The Morgan fingerprint density at radius 3 is 2.27 bits per heavy atom. The average molecular weight is 363 g/mol. The molecule has 0 spiro atoms. The number of halogens is 3. The van der Waals surface area contributed by atoms with E-state index in [2.05, 4.69) is 5.32 Å². The van der Waals surface area contributed by atoms with Crippen LogP contribution in [0.2, 0.25) is 0 Å². The molecule has 2 atom stereocenters. The van der Waals surface area contributed by atoms with Crippen molar-refractivity contribution in [2.24, 2.45) is 0 Å². The lowest BCUT2D eigenvalue weighted by Gasteiger charge is -2.15. The van der Waals surface area contributed by atoms with Crippen molar-refractivity contribution in [1.29, 1.82) is 0 Å². The molecule has 3 nitrogen and oxygen atoms in total. The molecule has 0 aliphatic heterocycles. The van der Waals surface area contributed by atoms with E-state index in [0.29, 0.717) is 12.6 Å². The minimum Gasteiger partial charge on any atom is -0.478 e. The fourth-order valence-electron chi connectivity index (χ4n) is 3.44. The molecule has 1 aliphatic carbocycles. The zero-order chi connectivity index (χ0) is 18.7. The van der Waals surface area contributed by atoms with E-state index >= 15 is 0 Å². The summed E-state index contributed by atoms with van der Waals surface area (Å²) in [6.07, 6.45) is -1.49. The molecular formula is C20H20F3NO2. The summed E-state index contributed by atoms with van der Waals surface area (Å²) in [6, 6.07) is 12.5. The van der Waals surface area contributed by atoms with Crippen molar-refractivity contribution in [2.45, 2.75) is 43.9 Å². The van der Waals surface area contributed by atoms with Gasteiger partial charge in [-0.05, 0) is 60.6 Å². The Bertz CT molecular complexity index is 754. The third-order valence-electron chi connectivity index (χ3n) is 4.94. The Balaban J connectivity index is 1.53. The fraction of sp³-hybridized carbons (Fsp3) is 0.350. The van der Waals surface area contributed by atoms with Gasteiger partial charge in [0.25, 0.3) is 0 Å². The van der Waals surface area contributed by atoms with E-state index in [0.717, 1.165) is 42.5 Å². The van der Waals surface area contributed by atoms with Gasteiger partial charge in [0.1, 0.15) is 0 Å². The Kier molecular flexibility index (Phi) is 5.32. The van der Waals surface area contributed by atoms with E-state index in [1.807, 2.05) is 0 Å². The highest BCUT2D eigenvalue weighted by molar-refractivity contribution is 5.87. The second-order valence-corrected chi connectivity index (χ2v) is 6.71. The molecule has 0 saturated heterocycles. The van der Waals surface area contributed by atoms with Gasteiger partial charge in [-0.25, -0.2) is 4.79 Å². The molecule has 2 aromatic carbocycles. The number of hydrogen-bond acceptors (Lipinski definition) is 2. The Morgan fingerprint density at radius 2 is 1.69 bits per heavy atom. The van der Waals surface area contributed by atoms with Crippen molar-refractivity contribution in [3.63, 3.8) is 0 Å². The van der Waals surface area contributed by atoms with E-state index < -0.39 is 17.7 Å². The van der Waals surface area contributed by atoms with E-state index in [1.165, 1.54) is 0 Å². The van der Waals surface area contributed by atoms with E-state index in [-0.39, 0.29) is 11.5 Å². The fourth-order valence-corrected chi connectivity index (χ4v) is 3.44. The van der Waals surface area contributed by atoms with E-state index in [1.54, 1.807) is 36.4 Å². The van der Waals surface area contributed by atoms with Crippen LogP contribution < -0.4 is 5.32 Å². The van der Waals surface area contributed by atoms with Crippen LogP contribution in [0.5, 0.6) is 0 Å². The van der Waals surface area contributed by atoms with Crippen LogP contribution in [0.15, 0.2) is 48.5 Å². The molecule has 1 aliphatic rings. The number of hydrogen-bond donors (Lipinski definition) is 2. The van der Waals surface area contributed by atoms with E-state index in [4.69, 9.17) is 5.11 Å². The summed E-state index contributed by atoms with van der Waals surface area (Å²) in [6.45, 7) is 0.643. The molecule has 0 radical (unpaired) electrons.